The van der Waals surface area contributed by atoms with Gasteiger partial charge in [-0.3, -0.25) is 0 Å². The first-order chi connectivity index (χ1) is 9.47. The number of nitrogens with one attached hydrogen (secondary N) is 1. The van der Waals surface area contributed by atoms with E-state index in [0.29, 0.717) is 5.69 Å². The minimum Gasteiger partial charge on any atom is -0.386 e. The van der Waals surface area contributed by atoms with E-state index in [0.717, 1.165) is 24.3 Å². The topological polar surface area (TPSA) is 32.3 Å². The van der Waals surface area contributed by atoms with E-state index in [2.05, 4.69) is 5.32 Å². The third-order valence-electron chi connectivity index (χ3n) is 2.70. The van der Waals surface area contributed by atoms with Gasteiger partial charge in [-0.2, -0.15) is 0 Å². The van der Waals surface area contributed by atoms with Crippen LogP contribution in [0.1, 0.15) is 11.7 Å². The molecule has 0 saturated heterocycles. The summed E-state index contributed by atoms with van der Waals surface area (Å²) in [6, 6.07) is 7.05. The molecule has 0 aliphatic rings. The molecule has 1 unspecified atom stereocenters. The van der Waals surface area contributed by atoms with Crippen molar-refractivity contribution in [3.63, 3.8) is 0 Å². The number of benzene rings is 2. The molecule has 0 saturated carbocycles. The maximum absolute atomic E-state index is 13.4. The van der Waals surface area contributed by atoms with Crippen LogP contribution < -0.4 is 5.32 Å². The van der Waals surface area contributed by atoms with Gasteiger partial charge in [-0.05, 0) is 30.3 Å². The first kappa shape index (κ1) is 14.7. The van der Waals surface area contributed by atoms with Crippen molar-refractivity contribution in [1.82, 2.24) is 0 Å². The fourth-order valence-electron chi connectivity index (χ4n) is 1.80. The van der Waals surface area contributed by atoms with Crippen molar-refractivity contribution in [2.75, 3.05) is 11.9 Å². The van der Waals surface area contributed by atoms with E-state index < -0.39 is 29.1 Å². The van der Waals surface area contributed by atoms with Crippen molar-refractivity contribution in [3.05, 3.63) is 64.4 Å². The van der Waals surface area contributed by atoms with Crippen LogP contribution in [0.4, 0.5) is 18.9 Å². The van der Waals surface area contributed by atoms with Gasteiger partial charge in [-0.1, -0.05) is 17.7 Å². The van der Waals surface area contributed by atoms with Gasteiger partial charge < -0.3 is 10.4 Å². The molecule has 0 fully saturated rings. The smallest absolute Gasteiger partial charge is 0.132 e. The predicted octanol–water partition coefficient (Wildman–Crippen LogP) is 3.90. The van der Waals surface area contributed by atoms with Gasteiger partial charge in [0.25, 0.3) is 0 Å². The fraction of sp³-hybridized carbons (Fsp3) is 0.143. The maximum Gasteiger partial charge on any atom is 0.132 e. The Morgan fingerprint density at radius 2 is 1.75 bits per heavy atom. The highest BCUT2D eigenvalue weighted by Crippen LogP contribution is 2.22. The van der Waals surface area contributed by atoms with Gasteiger partial charge in [0.2, 0.25) is 0 Å². The number of hydrogen-bond acceptors (Lipinski definition) is 2. The molecular weight excluding hydrogens is 291 g/mol. The zero-order chi connectivity index (χ0) is 14.7. The van der Waals surface area contributed by atoms with Crippen LogP contribution in [0.5, 0.6) is 0 Å². The van der Waals surface area contributed by atoms with E-state index in [1.165, 1.54) is 12.1 Å². The van der Waals surface area contributed by atoms with Crippen LogP contribution in [0.2, 0.25) is 5.02 Å². The molecule has 2 aromatic rings. The van der Waals surface area contributed by atoms with Gasteiger partial charge in [-0.15, -0.1) is 0 Å². The number of hydrogen-bond donors (Lipinski definition) is 2. The molecule has 0 aliphatic carbocycles. The summed E-state index contributed by atoms with van der Waals surface area (Å²) in [4.78, 5) is 0. The Balaban J connectivity index is 2.10. The van der Waals surface area contributed by atoms with E-state index in [4.69, 9.17) is 11.6 Å². The zero-order valence-electron chi connectivity index (χ0n) is 10.2. The first-order valence-corrected chi connectivity index (χ1v) is 6.17. The Hall–Kier alpha value is -1.72. The second-order valence-corrected chi connectivity index (χ2v) is 4.63. The molecule has 0 spiro atoms. The Morgan fingerprint density at radius 3 is 2.35 bits per heavy atom. The Labute approximate surface area is 118 Å². The number of halogens is 4. The van der Waals surface area contributed by atoms with Crippen molar-refractivity contribution in [3.8, 4) is 0 Å². The second-order valence-electron chi connectivity index (χ2n) is 4.19. The Morgan fingerprint density at radius 1 is 1.10 bits per heavy atom. The largest absolute Gasteiger partial charge is 0.386 e. The van der Waals surface area contributed by atoms with Crippen LogP contribution in [-0.4, -0.2) is 11.7 Å². The molecule has 2 N–H and O–H groups in total. The fourth-order valence-corrected chi connectivity index (χ4v) is 2.02. The SMILES string of the molecule is OC(CNc1cc(F)cc(Cl)c1)c1c(F)cccc1F. The molecule has 0 bridgehead atoms. The van der Waals surface area contributed by atoms with Gasteiger partial charge >= 0.3 is 0 Å². The third kappa shape index (κ3) is 3.43. The van der Waals surface area contributed by atoms with Gasteiger partial charge in [-0.25, -0.2) is 13.2 Å². The van der Waals surface area contributed by atoms with Crippen molar-refractivity contribution < 1.29 is 18.3 Å². The molecule has 0 aromatic heterocycles. The molecule has 2 nitrogen and oxygen atoms in total. The highest BCUT2D eigenvalue weighted by atomic mass is 35.5. The molecule has 20 heavy (non-hydrogen) atoms. The lowest BCUT2D eigenvalue weighted by atomic mass is 10.1. The van der Waals surface area contributed by atoms with E-state index in [1.807, 2.05) is 0 Å². The summed E-state index contributed by atoms with van der Waals surface area (Å²) in [5.74, 6) is -2.22. The lowest BCUT2D eigenvalue weighted by molar-refractivity contribution is 0.181. The number of aliphatic hydroxyl groups is 1. The molecule has 0 aliphatic heterocycles. The third-order valence-corrected chi connectivity index (χ3v) is 2.91. The van der Waals surface area contributed by atoms with Gasteiger partial charge in [0.15, 0.2) is 0 Å². The van der Waals surface area contributed by atoms with E-state index >= 15 is 0 Å². The summed E-state index contributed by atoms with van der Waals surface area (Å²) in [6.45, 7) is -0.183. The molecule has 0 heterocycles. The minimum absolute atomic E-state index is 0.180. The molecule has 106 valence electrons. The van der Waals surface area contributed by atoms with Gasteiger partial charge in [0, 0.05) is 17.3 Å². The minimum atomic E-state index is -1.40. The monoisotopic (exact) mass is 301 g/mol. The number of aliphatic hydroxyl groups excluding tert-OH is 1. The maximum atomic E-state index is 13.4. The molecule has 2 rings (SSSR count). The van der Waals surface area contributed by atoms with Crippen molar-refractivity contribution in [2.24, 2.45) is 0 Å². The van der Waals surface area contributed by atoms with E-state index in [-0.39, 0.29) is 11.6 Å². The predicted molar refractivity (Wildman–Crippen MR) is 71.2 cm³/mol. The molecular formula is C14H11ClF3NO. The second kappa shape index (κ2) is 6.15. The summed E-state index contributed by atoms with van der Waals surface area (Å²) in [5.41, 5.74) is -0.117. The average molecular weight is 302 g/mol. The van der Waals surface area contributed by atoms with Crippen LogP contribution >= 0.6 is 11.6 Å². The summed E-state index contributed by atoms with van der Waals surface area (Å²) in [6.07, 6.45) is -1.40. The number of anilines is 1. The summed E-state index contributed by atoms with van der Waals surface area (Å²) in [7, 11) is 0. The quantitative estimate of drug-likeness (QED) is 0.897. The molecule has 0 radical (unpaired) electrons. The van der Waals surface area contributed by atoms with Crippen LogP contribution in [0, 0.1) is 17.5 Å². The lowest BCUT2D eigenvalue weighted by Crippen LogP contribution is -2.15. The van der Waals surface area contributed by atoms with Crippen LogP contribution in [0.3, 0.4) is 0 Å². The van der Waals surface area contributed by atoms with E-state index in [1.54, 1.807) is 0 Å². The van der Waals surface area contributed by atoms with Gasteiger partial charge in [0.05, 0.1) is 5.56 Å². The molecule has 2 aromatic carbocycles. The number of rotatable bonds is 4. The first-order valence-electron chi connectivity index (χ1n) is 5.79. The normalized spacial score (nSPS) is 12.2. The zero-order valence-corrected chi connectivity index (χ0v) is 11.0. The molecule has 0 amide bonds. The Kier molecular flexibility index (Phi) is 4.52. The standard InChI is InChI=1S/C14H11ClF3NO/c15-8-4-9(16)6-10(5-8)19-7-13(20)14-11(17)2-1-3-12(14)18/h1-6,13,19-20H,7H2. The summed E-state index contributed by atoms with van der Waals surface area (Å²) >= 11 is 5.67. The highest BCUT2D eigenvalue weighted by molar-refractivity contribution is 6.30. The van der Waals surface area contributed by atoms with Crippen molar-refractivity contribution in [1.29, 1.82) is 0 Å². The van der Waals surface area contributed by atoms with Crippen LogP contribution in [0.25, 0.3) is 0 Å². The molecule has 6 heteroatoms. The van der Waals surface area contributed by atoms with E-state index in [9.17, 15) is 18.3 Å². The summed E-state index contributed by atoms with van der Waals surface area (Å²) in [5, 5.41) is 12.7. The van der Waals surface area contributed by atoms with Crippen molar-refractivity contribution in [2.45, 2.75) is 6.10 Å². The van der Waals surface area contributed by atoms with Crippen molar-refractivity contribution >= 4 is 17.3 Å². The highest BCUT2D eigenvalue weighted by Gasteiger charge is 2.17. The Bertz CT molecular complexity index is 581. The van der Waals surface area contributed by atoms with Crippen LogP contribution in [0.15, 0.2) is 36.4 Å². The summed E-state index contributed by atoms with van der Waals surface area (Å²) < 4.78 is 40.0. The lowest BCUT2D eigenvalue weighted by Gasteiger charge is -2.15. The average Bonchev–Trinajstić information content (AvgIpc) is 2.35. The van der Waals surface area contributed by atoms with Gasteiger partial charge in [0.1, 0.15) is 23.6 Å². The van der Waals surface area contributed by atoms with Crippen LogP contribution in [-0.2, 0) is 0 Å². The molecule has 1 atom stereocenters.